The first-order valence-corrected chi connectivity index (χ1v) is 6.33. The highest BCUT2D eigenvalue weighted by atomic mass is 19.1. The van der Waals surface area contributed by atoms with Gasteiger partial charge in [-0.15, -0.1) is 0 Å². The van der Waals surface area contributed by atoms with Crippen LogP contribution in [0.2, 0.25) is 0 Å². The summed E-state index contributed by atoms with van der Waals surface area (Å²) in [6.07, 6.45) is 4.69. The Bertz CT molecular complexity index is 328. The first-order chi connectivity index (χ1) is 8.27. The lowest BCUT2D eigenvalue weighted by Gasteiger charge is -2.06. The second-order valence-electron chi connectivity index (χ2n) is 4.24. The number of hydrogen-bond donors (Lipinski definition) is 1. The number of rotatable bonds is 8. The second-order valence-corrected chi connectivity index (χ2v) is 4.24. The Morgan fingerprint density at radius 3 is 2.71 bits per heavy atom. The fourth-order valence-corrected chi connectivity index (χ4v) is 1.65. The Morgan fingerprint density at radius 1 is 1.24 bits per heavy atom. The molecule has 0 radical (unpaired) electrons. The van der Waals surface area contributed by atoms with Crippen LogP contribution in [-0.2, 0) is 17.9 Å². The topological polar surface area (TPSA) is 35.2 Å². The van der Waals surface area contributed by atoms with Crippen molar-refractivity contribution in [3.8, 4) is 0 Å². The minimum atomic E-state index is -0.221. The smallest absolute Gasteiger partial charge is 0.129 e. The molecule has 0 amide bonds. The van der Waals surface area contributed by atoms with E-state index in [-0.39, 0.29) is 5.82 Å². The van der Waals surface area contributed by atoms with Crippen molar-refractivity contribution in [2.45, 2.75) is 45.8 Å². The van der Waals surface area contributed by atoms with Crippen LogP contribution in [0.5, 0.6) is 0 Å². The van der Waals surface area contributed by atoms with Crippen molar-refractivity contribution in [3.63, 3.8) is 0 Å². The zero-order valence-electron chi connectivity index (χ0n) is 10.5. The fraction of sp³-hybridized carbons (Fsp3) is 0.571. The van der Waals surface area contributed by atoms with Gasteiger partial charge in [0.15, 0.2) is 0 Å². The monoisotopic (exact) mass is 239 g/mol. The molecule has 0 aliphatic heterocycles. The van der Waals surface area contributed by atoms with Gasteiger partial charge in [-0.05, 0) is 18.1 Å². The van der Waals surface area contributed by atoms with E-state index in [1.165, 1.54) is 25.3 Å². The lowest BCUT2D eigenvalue weighted by Crippen LogP contribution is -2.01. The van der Waals surface area contributed by atoms with Gasteiger partial charge in [-0.25, -0.2) is 4.39 Å². The molecule has 0 heterocycles. The molecular weight excluding hydrogens is 217 g/mol. The van der Waals surface area contributed by atoms with Crippen molar-refractivity contribution < 1.29 is 9.13 Å². The van der Waals surface area contributed by atoms with Gasteiger partial charge >= 0.3 is 0 Å². The molecule has 1 aromatic carbocycles. The minimum absolute atomic E-state index is 0.221. The summed E-state index contributed by atoms with van der Waals surface area (Å²) in [6, 6.07) is 5.08. The van der Waals surface area contributed by atoms with Crippen LogP contribution >= 0.6 is 0 Å². The predicted octanol–water partition coefficient (Wildman–Crippen LogP) is 3.38. The number of benzene rings is 1. The van der Waals surface area contributed by atoms with Crippen LogP contribution in [0.25, 0.3) is 0 Å². The zero-order valence-corrected chi connectivity index (χ0v) is 10.5. The Hall–Kier alpha value is -0.930. The summed E-state index contributed by atoms with van der Waals surface area (Å²) < 4.78 is 19.0. The van der Waals surface area contributed by atoms with E-state index >= 15 is 0 Å². The van der Waals surface area contributed by atoms with Crippen molar-refractivity contribution in [1.29, 1.82) is 0 Å². The van der Waals surface area contributed by atoms with E-state index in [4.69, 9.17) is 10.5 Å². The summed E-state index contributed by atoms with van der Waals surface area (Å²) in [5.41, 5.74) is 6.86. The third-order valence-electron chi connectivity index (χ3n) is 2.75. The van der Waals surface area contributed by atoms with E-state index < -0.39 is 0 Å². The molecule has 0 aliphatic carbocycles. The number of hydrogen-bond acceptors (Lipinski definition) is 2. The molecular formula is C14H22FNO. The summed E-state index contributed by atoms with van der Waals surface area (Å²) in [7, 11) is 0. The molecule has 2 nitrogen and oxygen atoms in total. The average Bonchev–Trinajstić information content (AvgIpc) is 2.35. The maximum atomic E-state index is 13.5. The van der Waals surface area contributed by atoms with Crippen molar-refractivity contribution in [2.75, 3.05) is 6.61 Å². The van der Waals surface area contributed by atoms with Crippen molar-refractivity contribution in [1.82, 2.24) is 0 Å². The first kappa shape index (κ1) is 14.1. The molecule has 0 atom stereocenters. The third kappa shape index (κ3) is 5.29. The molecule has 17 heavy (non-hydrogen) atoms. The maximum Gasteiger partial charge on any atom is 0.129 e. The molecule has 0 bridgehead atoms. The molecule has 3 heteroatoms. The molecule has 0 aromatic heterocycles. The van der Waals surface area contributed by atoms with Gasteiger partial charge in [-0.1, -0.05) is 38.3 Å². The molecule has 0 unspecified atom stereocenters. The molecule has 0 saturated carbocycles. The van der Waals surface area contributed by atoms with E-state index in [1.54, 1.807) is 6.07 Å². The Morgan fingerprint density at radius 2 is 2.06 bits per heavy atom. The second kappa shape index (κ2) is 8.20. The molecule has 1 rings (SSSR count). The van der Waals surface area contributed by atoms with Crippen LogP contribution < -0.4 is 5.73 Å². The fourth-order valence-electron chi connectivity index (χ4n) is 1.65. The predicted molar refractivity (Wildman–Crippen MR) is 68.1 cm³/mol. The summed E-state index contributed by atoms with van der Waals surface area (Å²) in [6.45, 7) is 3.60. The van der Waals surface area contributed by atoms with Crippen LogP contribution in [0.4, 0.5) is 4.39 Å². The highest BCUT2D eigenvalue weighted by Crippen LogP contribution is 2.11. The van der Waals surface area contributed by atoms with E-state index in [0.717, 1.165) is 12.0 Å². The lowest BCUT2D eigenvalue weighted by molar-refractivity contribution is 0.114. The van der Waals surface area contributed by atoms with Crippen molar-refractivity contribution in [2.24, 2.45) is 5.73 Å². The summed E-state index contributed by atoms with van der Waals surface area (Å²) in [5.74, 6) is -0.221. The van der Waals surface area contributed by atoms with Gasteiger partial charge in [0.2, 0.25) is 0 Å². The van der Waals surface area contributed by atoms with E-state index in [9.17, 15) is 4.39 Å². The maximum absolute atomic E-state index is 13.5. The minimum Gasteiger partial charge on any atom is -0.377 e. The summed E-state index contributed by atoms with van der Waals surface area (Å²) >= 11 is 0. The molecule has 96 valence electrons. The van der Waals surface area contributed by atoms with Crippen LogP contribution in [0, 0.1) is 5.82 Å². The van der Waals surface area contributed by atoms with Gasteiger partial charge in [0.05, 0.1) is 6.61 Å². The van der Waals surface area contributed by atoms with Crippen molar-refractivity contribution in [3.05, 3.63) is 35.1 Å². The third-order valence-corrected chi connectivity index (χ3v) is 2.75. The van der Waals surface area contributed by atoms with Gasteiger partial charge in [-0.3, -0.25) is 0 Å². The van der Waals surface area contributed by atoms with Gasteiger partial charge in [0.25, 0.3) is 0 Å². The number of halogens is 1. The zero-order chi connectivity index (χ0) is 12.5. The van der Waals surface area contributed by atoms with Gasteiger partial charge in [0, 0.05) is 18.7 Å². The quantitative estimate of drug-likeness (QED) is 0.706. The van der Waals surface area contributed by atoms with E-state index in [1.807, 2.05) is 6.07 Å². The highest BCUT2D eigenvalue weighted by Gasteiger charge is 2.03. The van der Waals surface area contributed by atoms with Gasteiger partial charge < -0.3 is 10.5 Å². The highest BCUT2D eigenvalue weighted by molar-refractivity contribution is 5.23. The van der Waals surface area contributed by atoms with Crippen molar-refractivity contribution >= 4 is 0 Å². The molecule has 0 spiro atoms. The van der Waals surface area contributed by atoms with Gasteiger partial charge in [-0.2, -0.15) is 0 Å². The van der Waals surface area contributed by atoms with Crippen LogP contribution in [0.15, 0.2) is 18.2 Å². The Kier molecular flexibility index (Phi) is 6.82. The van der Waals surface area contributed by atoms with Crippen LogP contribution in [0.1, 0.15) is 43.7 Å². The van der Waals surface area contributed by atoms with Crippen LogP contribution in [0.3, 0.4) is 0 Å². The SMILES string of the molecule is CCCCCCOCc1ccc(CN)cc1F. The van der Waals surface area contributed by atoms with E-state index in [0.29, 0.717) is 25.3 Å². The molecule has 0 aliphatic rings. The number of ether oxygens (including phenoxy) is 1. The first-order valence-electron chi connectivity index (χ1n) is 6.33. The van der Waals surface area contributed by atoms with E-state index in [2.05, 4.69) is 6.92 Å². The van der Waals surface area contributed by atoms with Crippen LogP contribution in [-0.4, -0.2) is 6.61 Å². The largest absolute Gasteiger partial charge is 0.377 e. The summed E-state index contributed by atoms with van der Waals surface area (Å²) in [5, 5.41) is 0. The Balaban J connectivity index is 2.27. The number of nitrogens with two attached hydrogens (primary N) is 1. The Labute approximate surface area is 103 Å². The molecule has 0 fully saturated rings. The van der Waals surface area contributed by atoms with Gasteiger partial charge in [0.1, 0.15) is 5.82 Å². The molecule has 2 N–H and O–H groups in total. The molecule has 0 saturated heterocycles. The molecule has 1 aromatic rings. The summed E-state index contributed by atoms with van der Waals surface area (Å²) in [4.78, 5) is 0. The lowest BCUT2D eigenvalue weighted by atomic mass is 10.1. The standard InChI is InChI=1S/C14H22FNO/c1-2-3-4-5-8-17-11-13-7-6-12(10-16)9-14(13)15/h6-7,9H,2-5,8,10-11,16H2,1H3. The normalized spacial score (nSPS) is 10.8. The average molecular weight is 239 g/mol. The number of unbranched alkanes of at least 4 members (excludes halogenated alkanes) is 3.